The second-order valence-electron chi connectivity index (χ2n) is 5.82. The third-order valence-electron chi connectivity index (χ3n) is 3.64. The molecule has 1 rings (SSSR count). The van der Waals surface area contributed by atoms with Crippen molar-refractivity contribution in [3.05, 3.63) is 35.9 Å². The molecule has 0 bridgehead atoms. The zero-order valence-electron chi connectivity index (χ0n) is 12.9. The van der Waals surface area contributed by atoms with Crippen LogP contribution in [0.1, 0.15) is 39.7 Å². The molecule has 112 valence electrons. The number of hydrogen-bond donors (Lipinski definition) is 1. The molecule has 3 heteroatoms. The number of ether oxygens (including phenoxy) is 1. The Balaban J connectivity index is 2.75. The van der Waals surface area contributed by atoms with Crippen molar-refractivity contribution in [1.29, 1.82) is 0 Å². The molecule has 0 aliphatic carbocycles. The highest BCUT2D eigenvalue weighted by atomic mass is 16.5. The van der Waals surface area contributed by atoms with Gasteiger partial charge in [-0.3, -0.25) is 4.79 Å². The predicted molar refractivity (Wildman–Crippen MR) is 80.3 cm³/mol. The summed E-state index contributed by atoms with van der Waals surface area (Å²) in [6, 6.07) is 10.00. The average Bonchev–Trinajstić information content (AvgIpc) is 2.37. The second kappa shape index (κ2) is 7.44. The molecule has 0 saturated heterocycles. The van der Waals surface area contributed by atoms with Crippen LogP contribution in [-0.4, -0.2) is 23.3 Å². The monoisotopic (exact) mass is 278 g/mol. The van der Waals surface area contributed by atoms with Crippen LogP contribution in [0.15, 0.2) is 30.3 Å². The molecule has 1 aromatic carbocycles. The first-order valence-electron chi connectivity index (χ1n) is 7.31. The summed E-state index contributed by atoms with van der Waals surface area (Å²) in [5.74, 6) is -0.758. The van der Waals surface area contributed by atoms with E-state index in [1.54, 1.807) is 13.8 Å². The molecule has 0 aliphatic rings. The predicted octanol–water partition coefficient (Wildman–Crippen LogP) is 3.21. The van der Waals surface area contributed by atoms with Gasteiger partial charge in [0.25, 0.3) is 0 Å². The standard InChI is InChI=1S/C17H26O3/c1-5-20-16(18)15(13(2)3)17(4,19)12-11-14-9-7-6-8-10-14/h6-10,13,15,19H,5,11-12H2,1-4H3. The van der Waals surface area contributed by atoms with Crippen molar-refractivity contribution in [3.63, 3.8) is 0 Å². The minimum absolute atomic E-state index is 0.0415. The van der Waals surface area contributed by atoms with Crippen LogP contribution in [0.2, 0.25) is 0 Å². The van der Waals surface area contributed by atoms with Gasteiger partial charge in [0, 0.05) is 0 Å². The van der Waals surface area contributed by atoms with E-state index in [0.717, 1.165) is 6.42 Å². The van der Waals surface area contributed by atoms with Gasteiger partial charge in [-0.25, -0.2) is 0 Å². The quantitative estimate of drug-likeness (QED) is 0.779. The highest BCUT2D eigenvalue weighted by Crippen LogP contribution is 2.30. The van der Waals surface area contributed by atoms with Crippen LogP contribution in [0, 0.1) is 11.8 Å². The fraction of sp³-hybridized carbons (Fsp3) is 0.588. The van der Waals surface area contributed by atoms with Gasteiger partial charge in [0.2, 0.25) is 0 Å². The Morgan fingerprint density at radius 2 is 1.90 bits per heavy atom. The molecule has 0 radical (unpaired) electrons. The van der Waals surface area contributed by atoms with Gasteiger partial charge in [0.1, 0.15) is 0 Å². The van der Waals surface area contributed by atoms with Gasteiger partial charge in [-0.05, 0) is 38.2 Å². The topological polar surface area (TPSA) is 46.5 Å². The summed E-state index contributed by atoms with van der Waals surface area (Å²) < 4.78 is 5.10. The smallest absolute Gasteiger partial charge is 0.312 e. The van der Waals surface area contributed by atoms with Crippen molar-refractivity contribution in [2.24, 2.45) is 11.8 Å². The molecule has 1 aromatic rings. The molecule has 1 N–H and O–H groups in total. The molecule has 0 amide bonds. The first-order valence-corrected chi connectivity index (χ1v) is 7.31. The summed E-state index contributed by atoms with van der Waals surface area (Å²) in [6.45, 7) is 7.75. The Morgan fingerprint density at radius 1 is 1.30 bits per heavy atom. The number of aryl methyl sites for hydroxylation is 1. The number of carbonyl (C=O) groups is 1. The van der Waals surface area contributed by atoms with Gasteiger partial charge in [-0.15, -0.1) is 0 Å². The van der Waals surface area contributed by atoms with Crippen molar-refractivity contribution in [2.45, 2.75) is 46.1 Å². The van der Waals surface area contributed by atoms with E-state index in [1.165, 1.54) is 5.56 Å². The van der Waals surface area contributed by atoms with E-state index >= 15 is 0 Å². The van der Waals surface area contributed by atoms with E-state index in [0.29, 0.717) is 13.0 Å². The van der Waals surface area contributed by atoms with Gasteiger partial charge in [-0.2, -0.15) is 0 Å². The number of hydrogen-bond acceptors (Lipinski definition) is 3. The maximum absolute atomic E-state index is 12.1. The molecule has 3 nitrogen and oxygen atoms in total. The van der Waals surface area contributed by atoms with Crippen LogP contribution in [-0.2, 0) is 16.0 Å². The lowest BCUT2D eigenvalue weighted by molar-refractivity contribution is -0.161. The maximum Gasteiger partial charge on any atom is 0.312 e. The Labute approximate surface area is 122 Å². The Morgan fingerprint density at radius 3 is 2.40 bits per heavy atom. The van der Waals surface area contributed by atoms with E-state index in [-0.39, 0.29) is 11.9 Å². The third-order valence-corrected chi connectivity index (χ3v) is 3.64. The SMILES string of the molecule is CCOC(=O)C(C(C)C)C(C)(O)CCc1ccccc1. The van der Waals surface area contributed by atoms with Crippen LogP contribution in [0.4, 0.5) is 0 Å². The summed E-state index contributed by atoms with van der Waals surface area (Å²) in [4.78, 5) is 12.1. The zero-order valence-corrected chi connectivity index (χ0v) is 12.9. The van der Waals surface area contributed by atoms with E-state index in [1.807, 2.05) is 44.2 Å². The number of rotatable bonds is 7. The Bertz CT molecular complexity index is 410. The molecule has 0 heterocycles. The number of benzene rings is 1. The summed E-state index contributed by atoms with van der Waals surface area (Å²) in [5.41, 5.74) is 0.107. The largest absolute Gasteiger partial charge is 0.466 e. The van der Waals surface area contributed by atoms with Crippen LogP contribution in [0.25, 0.3) is 0 Å². The molecule has 0 spiro atoms. The van der Waals surface area contributed by atoms with Crippen molar-refractivity contribution in [1.82, 2.24) is 0 Å². The molecule has 0 aliphatic heterocycles. The molecule has 0 aromatic heterocycles. The fourth-order valence-electron chi connectivity index (χ4n) is 2.67. The van der Waals surface area contributed by atoms with Gasteiger partial charge in [-0.1, -0.05) is 44.2 Å². The van der Waals surface area contributed by atoms with Crippen LogP contribution >= 0.6 is 0 Å². The molecule has 0 fully saturated rings. The molecule has 2 atom stereocenters. The molecular formula is C17H26O3. The van der Waals surface area contributed by atoms with Gasteiger partial charge < -0.3 is 9.84 Å². The van der Waals surface area contributed by atoms with Crippen molar-refractivity contribution in [3.8, 4) is 0 Å². The lowest BCUT2D eigenvalue weighted by Crippen LogP contribution is -2.44. The van der Waals surface area contributed by atoms with Crippen LogP contribution in [0.3, 0.4) is 0 Å². The highest BCUT2D eigenvalue weighted by molar-refractivity contribution is 5.74. The zero-order chi connectivity index (χ0) is 15.2. The first kappa shape index (κ1) is 16.7. The van der Waals surface area contributed by atoms with E-state index < -0.39 is 11.5 Å². The van der Waals surface area contributed by atoms with E-state index in [2.05, 4.69) is 0 Å². The number of carbonyl (C=O) groups excluding carboxylic acids is 1. The second-order valence-corrected chi connectivity index (χ2v) is 5.82. The van der Waals surface area contributed by atoms with Gasteiger partial charge in [0.05, 0.1) is 18.1 Å². The summed E-state index contributed by atoms with van der Waals surface area (Å²) in [5, 5.41) is 10.7. The maximum atomic E-state index is 12.1. The van der Waals surface area contributed by atoms with E-state index in [4.69, 9.17) is 4.74 Å². The lowest BCUT2D eigenvalue weighted by atomic mass is 9.77. The average molecular weight is 278 g/mol. The molecule has 2 unspecified atom stereocenters. The highest BCUT2D eigenvalue weighted by Gasteiger charge is 2.40. The Hall–Kier alpha value is -1.35. The van der Waals surface area contributed by atoms with Crippen LogP contribution < -0.4 is 0 Å². The molecule has 0 saturated carbocycles. The molecule has 20 heavy (non-hydrogen) atoms. The first-order chi connectivity index (χ1) is 9.38. The van der Waals surface area contributed by atoms with E-state index in [9.17, 15) is 9.90 Å². The lowest BCUT2D eigenvalue weighted by Gasteiger charge is -2.34. The van der Waals surface area contributed by atoms with Crippen molar-refractivity contribution >= 4 is 5.97 Å². The van der Waals surface area contributed by atoms with Crippen molar-refractivity contribution in [2.75, 3.05) is 6.61 Å². The fourth-order valence-corrected chi connectivity index (χ4v) is 2.67. The minimum atomic E-state index is -1.06. The third kappa shape index (κ3) is 4.64. The Kier molecular flexibility index (Phi) is 6.21. The summed E-state index contributed by atoms with van der Waals surface area (Å²) in [6.07, 6.45) is 1.29. The van der Waals surface area contributed by atoms with Crippen molar-refractivity contribution < 1.29 is 14.6 Å². The van der Waals surface area contributed by atoms with Gasteiger partial charge in [0.15, 0.2) is 0 Å². The molecular weight excluding hydrogens is 252 g/mol. The number of aliphatic hydroxyl groups is 1. The van der Waals surface area contributed by atoms with Gasteiger partial charge >= 0.3 is 5.97 Å². The normalized spacial score (nSPS) is 15.7. The summed E-state index contributed by atoms with van der Waals surface area (Å²) >= 11 is 0. The number of esters is 1. The van der Waals surface area contributed by atoms with Crippen LogP contribution in [0.5, 0.6) is 0 Å². The minimum Gasteiger partial charge on any atom is -0.466 e. The summed E-state index contributed by atoms with van der Waals surface area (Å²) in [7, 11) is 0.